The Labute approximate surface area is 195 Å². The van der Waals surface area contributed by atoms with Gasteiger partial charge >= 0.3 is 6.03 Å². The molecule has 0 radical (unpaired) electrons. The van der Waals surface area contributed by atoms with E-state index in [2.05, 4.69) is 70.7 Å². The van der Waals surface area contributed by atoms with Crippen LogP contribution >= 0.6 is 0 Å². The highest BCUT2D eigenvalue weighted by molar-refractivity contribution is 5.89. The average Bonchev–Trinajstić information content (AvgIpc) is 3.28. The molecule has 0 spiro atoms. The van der Waals surface area contributed by atoms with E-state index in [0.717, 1.165) is 50.5 Å². The molecule has 1 aliphatic carbocycles. The Hall–Kier alpha value is -3.38. The highest BCUT2D eigenvalue weighted by Crippen LogP contribution is 2.37. The summed E-state index contributed by atoms with van der Waals surface area (Å²) in [5, 5.41) is 3.09. The van der Waals surface area contributed by atoms with E-state index in [4.69, 9.17) is 4.74 Å². The summed E-state index contributed by atoms with van der Waals surface area (Å²) in [4.78, 5) is 22.3. The van der Waals surface area contributed by atoms with Gasteiger partial charge in [-0.15, -0.1) is 0 Å². The van der Waals surface area contributed by atoms with Crippen molar-refractivity contribution in [1.82, 2.24) is 9.88 Å². The fourth-order valence-corrected chi connectivity index (χ4v) is 4.71. The predicted molar refractivity (Wildman–Crippen MR) is 131 cm³/mol. The second kappa shape index (κ2) is 9.63. The fraction of sp³-hybridized carbons (Fsp3) is 0.333. The number of aryl methyl sites for hydroxylation is 2. The van der Waals surface area contributed by atoms with Gasteiger partial charge in [0.15, 0.2) is 0 Å². The Balaban J connectivity index is 1.35. The number of benzene rings is 2. The molecule has 1 aromatic heterocycles. The minimum absolute atomic E-state index is 0.0584. The number of amides is 2. The third kappa shape index (κ3) is 4.86. The molecule has 0 saturated carbocycles. The number of urea groups is 1. The Morgan fingerprint density at radius 3 is 2.64 bits per heavy atom. The van der Waals surface area contributed by atoms with Crippen LogP contribution in [0.25, 0.3) is 0 Å². The van der Waals surface area contributed by atoms with Gasteiger partial charge in [-0.3, -0.25) is 0 Å². The quantitative estimate of drug-likeness (QED) is 0.608. The molecule has 1 N–H and O–H groups in total. The van der Waals surface area contributed by atoms with Crippen molar-refractivity contribution in [3.8, 4) is 0 Å². The summed E-state index contributed by atoms with van der Waals surface area (Å²) in [6, 6.07) is 20.7. The Morgan fingerprint density at radius 2 is 1.88 bits per heavy atom. The maximum Gasteiger partial charge on any atom is 0.322 e. The van der Waals surface area contributed by atoms with Crippen molar-refractivity contribution in [1.29, 1.82) is 0 Å². The predicted octanol–water partition coefficient (Wildman–Crippen LogP) is 4.95. The molecule has 5 rings (SSSR count). The Bertz CT molecular complexity index is 1090. The number of nitrogens with one attached hydrogen (secondary N) is 1. The molecule has 2 heterocycles. The van der Waals surface area contributed by atoms with E-state index in [0.29, 0.717) is 12.2 Å². The number of ether oxygens (including phenoxy) is 1. The zero-order valence-corrected chi connectivity index (χ0v) is 19.0. The van der Waals surface area contributed by atoms with Crippen LogP contribution in [0.3, 0.4) is 0 Å². The van der Waals surface area contributed by atoms with E-state index in [-0.39, 0.29) is 12.1 Å². The fourth-order valence-electron chi connectivity index (χ4n) is 4.71. The van der Waals surface area contributed by atoms with Gasteiger partial charge < -0.3 is 19.9 Å². The van der Waals surface area contributed by atoms with E-state index in [1.54, 1.807) is 6.20 Å². The van der Waals surface area contributed by atoms with Gasteiger partial charge in [-0.05, 0) is 48.6 Å². The van der Waals surface area contributed by atoms with E-state index in [9.17, 15) is 4.79 Å². The number of anilines is 2. The molecule has 170 valence electrons. The van der Waals surface area contributed by atoms with Gasteiger partial charge in [0.2, 0.25) is 0 Å². The van der Waals surface area contributed by atoms with Crippen LogP contribution in [0, 0.1) is 6.92 Å². The Morgan fingerprint density at radius 1 is 1.09 bits per heavy atom. The lowest BCUT2D eigenvalue weighted by Crippen LogP contribution is -2.37. The second-order valence-electron chi connectivity index (χ2n) is 8.80. The van der Waals surface area contributed by atoms with E-state index >= 15 is 0 Å². The van der Waals surface area contributed by atoms with Gasteiger partial charge in [-0.2, -0.15) is 0 Å². The number of aromatic nitrogens is 1. The van der Waals surface area contributed by atoms with Crippen molar-refractivity contribution in [3.63, 3.8) is 0 Å². The van der Waals surface area contributed by atoms with Crippen LogP contribution in [0.5, 0.6) is 0 Å². The maximum atomic E-state index is 13.5. The molecule has 3 aromatic rings. The SMILES string of the molecule is Cc1ccc(CN(C(=O)Nc2ccc(N3CCOCC3)nc2)C2CCc3ccccc32)cc1. The molecule has 6 heteroatoms. The smallest absolute Gasteiger partial charge is 0.322 e. The monoisotopic (exact) mass is 442 g/mol. The highest BCUT2D eigenvalue weighted by atomic mass is 16.5. The van der Waals surface area contributed by atoms with Gasteiger partial charge in [0.05, 0.1) is 31.1 Å². The minimum atomic E-state index is -0.0989. The van der Waals surface area contributed by atoms with Crippen LogP contribution in [0.15, 0.2) is 66.9 Å². The molecular weight excluding hydrogens is 412 g/mol. The van der Waals surface area contributed by atoms with Gasteiger partial charge in [-0.25, -0.2) is 9.78 Å². The van der Waals surface area contributed by atoms with Crippen molar-refractivity contribution >= 4 is 17.5 Å². The third-order valence-corrected chi connectivity index (χ3v) is 6.55. The molecule has 1 aliphatic heterocycles. The Kier molecular flexibility index (Phi) is 6.26. The zero-order chi connectivity index (χ0) is 22.6. The van der Waals surface area contributed by atoms with Gasteiger partial charge in [0, 0.05) is 19.6 Å². The molecule has 1 unspecified atom stereocenters. The molecule has 2 aromatic carbocycles. The van der Waals surface area contributed by atoms with Crippen molar-refractivity contribution in [2.75, 3.05) is 36.5 Å². The van der Waals surface area contributed by atoms with Gasteiger partial charge in [0.25, 0.3) is 0 Å². The zero-order valence-electron chi connectivity index (χ0n) is 19.0. The molecule has 33 heavy (non-hydrogen) atoms. The first-order valence-corrected chi connectivity index (χ1v) is 11.7. The summed E-state index contributed by atoms with van der Waals surface area (Å²) in [7, 11) is 0. The number of pyridine rings is 1. The van der Waals surface area contributed by atoms with Crippen LogP contribution in [-0.2, 0) is 17.7 Å². The van der Waals surface area contributed by atoms with Crippen molar-refractivity contribution < 1.29 is 9.53 Å². The summed E-state index contributed by atoms with van der Waals surface area (Å²) >= 11 is 0. The number of carbonyl (C=O) groups is 1. The molecule has 6 nitrogen and oxygen atoms in total. The van der Waals surface area contributed by atoms with Crippen molar-refractivity contribution in [2.24, 2.45) is 0 Å². The lowest BCUT2D eigenvalue weighted by atomic mass is 10.1. The summed E-state index contributed by atoms with van der Waals surface area (Å²) in [6.07, 6.45) is 3.68. The summed E-state index contributed by atoms with van der Waals surface area (Å²) < 4.78 is 5.42. The highest BCUT2D eigenvalue weighted by Gasteiger charge is 2.31. The lowest BCUT2D eigenvalue weighted by molar-refractivity contribution is 0.122. The molecule has 1 fully saturated rings. The van der Waals surface area contributed by atoms with E-state index < -0.39 is 0 Å². The van der Waals surface area contributed by atoms with Crippen LogP contribution in [0.2, 0.25) is 0 Å². The van der Waals surface area contributed by atoms with Crippen molar-refractivity contribution in [3.05, 3.63) is 89.1 Å². The van der Waals surface area contributed by atoms with Gasteiger partial charge in [0.1, 0.15) is 5.82 Å². The minimum Gasteiger partial charge on any atom is -0.378 e. The number of hydrogen-bond acceptors (Lipinski definition) is 4. The first-order valence-electron chi connectivity index (χ1n) is 11.7. The summed E-state index contributed by atoms with van der Waals surface area (Å²) in [5.74, 6) is 0.914. The molecule has 2 amide bonds. The molecule has 2 aliphatic rings. The topological polar surface area (TPSA) is 57.7 Å². The normalized spacial score (nSPS) is 17.5. The number of carbonyl (C=O) groups excluding carboxylic acids is 1. The third-order valence-electron chi connectivity index (χ3n) is 6.55. The van der Waals surface area contributed by atoms with E-state index in [1.165, 1.54) is 16.7 Å². The first-order chi connectivity index (χ1) is 16.2. The van der Waals surface area contributed by atoms with Crippen LogP contribution in [0.1, 0.15) is 34.7 Å². The number of hydrogen-bond donors (Lipinski definition) is 1. The average molecular weight is 443 g/mol. The summed E-state index contributed by atoms with van der Waals surface area (Å²) in [6.45, 7) is 5.75. The molecular formula is C27H30N4O2. The van der Waals surface area contributed by atoms with Gasteiger partial charge in [-0.1, -0.05) is 54.1 Å². The second-order valence-corrected chi connectivity index (χ2v) is 8.80. The standard InChI is InChI=1S/C27H30N4O2/c1-20-6-8-21(9-7-20)19-31(25-12-10-22-4-2-3-5-24(22)25)27(32)29-23-11-13-26(28-18-23)30-14-16-33-17-15-30/h2-9,11,13,18,25H,10,12,14-17,19H2,1H3,(H,29,32). The molecule has 1 saturated heterocycles. The van der Waals surface area contributed by atoms with Crippen LogP contribution in [-0.4, -0.2) is 42.2 Å². The number of fused-ring (bicyclic) bond motifs is 1. The number of rotatable bonds is 5. The summed E-state index contributed by atoms with van der Waals surface area (Å²) in [5.41, 5.74) is 5.63. The van der Waals surface area contributed by atoms with Crippen LogP contribution < -0.4 is 10.2 Å². The maximum absolute atomic E-state index is 13.5. The van der Waals surface area contributed by atoms with Crippen molar-refractivity contribution in [2.45, 2.75) is 32.4 Å². The molecule has 0 bridgehead atoms. The first kappa shape index (κ1) is 21.5. The van der Waals surface area contributed by atoms with Crippen LogP contribution in [0.4, 0.5) is 16.3 Å². The lowest BCUT2D eigenvalue weighted by Gasteiger charge is -2.30. The van der Waals surface area contributed by atoms with E-state index in [1.807, 2.05) is 17.0 Å². The largest absolute Gasteiger partial charge is 0.378 e. The molecule has 1 atom stereocenters. The number of morpholine rings is 1. The number of nitrogens with zero attached hydrogens (tertiary/aromatic N) is 3.